The highest BCUT2D eigenvalue weighted by Crippen LogP contribution is 2.48. The minimum Gasteiger partial charge on any atom is -0.495 e. The first kappa shape index (κ1) is 51.6. The van der Waals surface area contributed by atoms with Crippen molar-refractivity contribution in [2.24, 2.45) is 17.3 Å². The molecule has 1 saturated carbocycles. The van der Waals surface area contributed by atoms with Crippen molar-refractivity contribution in [3.63, 3.8) is 0 Å². The quantitative estimate of drug-likeness (QED) is 0.0669. The van der Waals surface area contributed by atoms with Crippen LogP contribution in [-0.2, 0) is 20.8 Å². The Kier molecular flexibility index (Phi) is 14.3. The molecule has 3 N–H and O–H groups in total. The number of piperazine rings is 1. The zero-order valence-electron chi connectivity index (χ0n) is 44.3. The smallest absolute Gasteiger partial charge is 0.262 e. The van der Waals surface area contributed by atoms with Crippen LogP contribution < -0.4 is 40.1 Å². The molecule has 19 heteroatoms. The molecule has 5 aliphatic heterocycles. The number of nitrogens with zero attached hydrogens (tertiary/aromatic N) is 8. The van der Waals surface area contributed by atoms with Crippen molar-refractivity contribution < 1.29 is 37.8 Å². The van der Waals surface area contributed by atoms with E-state index in [1.165, 1.54) is 24.3 Å². The highest BCUT2D eigenvalue weighted by atomic mass is 19.1. The van der Waals surface area contributed by atoms with Gasteiger partial charge in [0.25, 0.3) is 11.8 Å². The maximum atomic E-state index is 13.4. The molecule has 0 bridgehead atoms. The van der Waals surface area contributed by atoms with Crippen LogP contribution in [0.25, 0.3) is 10.9 Å². The van der Waals surface area contributed by atoms with Crippen LogP contribution in [0.2, 0.25) is 0 Å². The van der Waals surface area contributed by atoms with Gasteiger partial charge >= 0.3 is 0 Å². The van der Waals surface area contributed by atoms with Gasteiger partial charge in [-0.05, 0) is 167 Å². The number of methoxy groups -OCH3 is 1. The van der Waals surface area contributed by atoms with E-state index in [2.05, 4.69) is 53.7 Å². The molecule has 1 unspecified atom stereocenters. The van der Waals surface area contributed by atoms with E-state index >= 15 is 0 Å². The molecule has 1 aliphatic carbocycles. The molecular weight excluding hydrogens is 1010 g/mol. The summed E-state index contributed by atoms with van der Waals surface area (Å²) in [6, 6.07) is 27.4. The normalized spacial score (nSPS) is 19.8. The number of halogens is 1. The predicted octanol–water partition coefficient (Wildman–Crippen LogP) is 7.69. The second kappa shape index (κ2) is 21.9. The summed E-state index contributed by atoms with van der Waals surface area (Å²) in [6.07, 6.45) is 8.89. The molecule has 2 aromatic heterocycles. The number of hydrogen-bond donors (Lipinski definition) is 3. The number of pyridine rings is 1. The van der Waals surface area contributed by atoms with Gasteiger partial charge < -0.3 is 40.1 Å². The van der Waals surface area contributed by atoms with Crippen molar-refractivity contribution in [3.8, 4) is 17.2 Å². The first-order valence-electron chi connectivity index (χ1n) is 27.7. The third-order valence-electron chi connectivity index (χ3n) is 16.9. The highest BCUT2D eigenvalue weighted by molar-refractivity contribution is 6.23. The van der Waals surface area contributed by atoms with Crippen molar-refractivity contribution >= 4 is 69.0 Å². The highest BCUT2D eigenvalue weighted by Gasteiger charge is 2.56. The van der Waals surface area contributed by atoms with Crippen molar-refractivity contribution in [3.05, 3.63) is 126 Å². The van der Waals surface area contributed by atoms with Gasteiger partial charge in [-0.25, -0.2) is 4.39 Å². The fraction of sp³-hybridized carbons (Fsp3) is 0.400. The molecule has 18 nitrogen and oxygen atoms in total. The number of anilines is 5. The number of piperidine rings is 3. The number of rotatable bonds is 15. The van der Waals surface area contributed by atoms with Gasteiger partial charge in [-0.1, -0.05) is 0 Å². The summed E-state index contributed by atoms with van der Waals surface area (Å²) in [5.41, 5.74) is 4.28. The first-order chi connectivity index (χ1) is 38.5. The van der Waals surface area contributed by atoms with E-state index in [4.69, 9.17) is 24.7 Å². The summed E-state index contributed by atoms with van der Waals surface area (Å²) in [5, 5.41) is 18.6. The number of carbonyl (C=O) groups is 5. The van der Waals surface area contributed by atoms with E-state index in [1.54, 1.807) is 43.6 Å². The third kappa shape index (κ3) is 10.7. The fourth-order valence-corrected chi connectivity index (χ4v) is 12.0. The van der Waals surface area contributed by atoms with E-state index in [0.717, 1.165) is 142 Å². The molecule has 12 rings (SSSR count). The lowest BCUT2D eigenvalue weighted by Gasteiger charge is -2.39. The Morgan fingerprint density at radius 1 is 0.696 bits per heavy atom. The molecule has 5 amide bonds. The van der Waals surface area contributed by atoms with Gasteiger partial charge in [0.05, 0.1) is 35.1 Å². The van der Waals surface area contributed by atoms with Crippen molar-refractivity contribution in [1.82, 2.24) is 30.3 Å². The average Bonchev–Trinajstić information content (AvgIpc) is 4.48. The Morgan fingerprint density at radius 2 is 1.38 bits per heavy atom. The van der Waals surface area contributed by atoms with Gasteiger partial charge in [0.15, 0.2) is 5.82 Å². The number of imide groups is 1. The van der Waals surface area contributed by atoms with Crippen molar-refractivity contribution in [2.75, 3.05) is 97.9 Å². The molecule has 6 aromatic rings. The van der Waals surface area contributed by atoms with Crippen molar-refractivity contribution in [1.29, 1.82) is 0 Å². The predicted molar refractivity (Wildman–Crippen MR) is 297 cm³/mol. The van der Waals surface area contributed by atoms with Crippen LogP contribution in [0.3, 0.4) is 0 Å². The monoisotopic (exact) mass is 1070 g/mol. The summed E-state index contributed by atoms with van der Waals surface area (Å²) in [4.78, 5) is 80.9. The minimum atomic E-state index is -1.17. The van der Waals surface area contributed by atoms with E-state index in [9.17, 15) is 28.4 Å². The summed E-state index contributed by atoms with van der Waals surface area (Å²) in [7, 11) is 1.68. The number of benzene rings is 4. The number of nitrogens with one attached hydrogen (secondary N) is 3. The van der Waals surface area contributed by atoms with Gasteiger partial charge in [-0.15, -0.1) is 5.10 Å². The molecular formula is C60H64FN11O7. The number of carbonyl (C=O) groups excluding carboxylic acids is 5. The van der Waals surface area contributed by atoms with Gasteiger partial charge in [-0.2, -0.15) is 5.10 Å². The topological polar surface area (TPSA) is 195 Å². The molecule has 79 heavy (non-hydrogen) atoms. The molecule has 6 aliphatic rings. The molecule has 4 aromatic carbocycles. The number of aromatic nitrogens is 3. The van der Waals surface area contributed by atoms with Gasteiger partial charge in [-0.3, -0.25) is 38.8 Å². The van der Waals surface area contributed by atoms with Crippen LogP contribution in [0.1, 0.15) is 77.8 Å². The standard InChI is InChI=1S/C60H64FN11O7/c1-78-53-35-48-49(62-24-16-52(48)79-45-12-8-42(9-13-45)65-59(77)60(21-22-60)58(76)64-41-6-4-40(61)5-7-41)36-51(53)70-25-17-38(18-26-70)33-43-10-15-54(67-66-43)71-27-19-39(20-28-71)37-68-29-31-69(32-30-68)44-11-14-46-47(34-44)57(75)72(56(46)74)50-3-2-23-63-55(50)73/h4-16,24,34-36,38-39,50H,2-3,17-23,25-33,37H2,1H3,(H,63,73)(H,64,76)(H,65,77). The van der Waals surface area contributed by atoms with Gasteiger partial charge in [0.1, 0.15) is 34.5 Å². The Morgan fingerprint density at radius 3 is 2.05 bits per heavy atom. The largest absolute Gasteiger partial charge is 0.495 e. The zero-order valence-corrected chi connectivity index (χ0v) is 44.3. The van der Waals surface area contributed by atoms with E-state index in [-0.39, 0.29) is 17.7 Å². The van der Waals surface area contributed by atoms with E-state index in [0.29, 0.717) is 71.6 Å². The van der Waals surface area contributed by atoms with Crippen LogP contribution in [0.4, 0.5) is 33.0 Å². The van der Waals surface area contributed by atoms with Crippen LogP contribution >= 0.6 is 0 Å². The lowest BCUT2D eigenvalue weighted by atomic mass is 9.91. The van der Waals surface area contributed by atoms with Crippen LogP contribution in [0.15, 0.2) is 103 Å². The molecule has 5 fully saturated rings. The lowest BCUT2D eigenvalue weighted by Crippen LogP contribution is -2.52. The van der Waals surface area contributed by atoms with Crippen molar-refractivity contribution in [2.45, 2.75) is 63.8 Å². The van der Waals surface area contributed by atoms with E-state index in [1.807, 2.05) is 24.3 Å². The molecule has 0 spiro atoms. The number of fused-ring (bicyclic) bond motifs is 2. The third-order valence-corrected chi connectivity index (χ3v) is 16.9. The average molecular weight is 1070 g/mol. The fourth-order valence-electron chi connectivity index (χ4n) is 12.0. The second-order valence-electron chi connectivity index (χ2n) is 21.9. The summed E-state index contributed by atoms with van der Waals surface area (Å²) in [5.74, 6) is 1.70. The lowest BCUT2D eigenvalue weighted by molar-refractivity contribution is -0.131. The first-order valence-corrected chi connectivity index (χ1v) is 27.7. The Bertz CT molecular complexity index is 3280. The summed E-state index contributed by atoms with van der Waals surface area (Å²) in [6.45, 7) is 8.79. The van der Waals surface area contributed by atoms with Crippen LogP contribution in [0.5, 0.6) is 17.2 Å². The second-order valence-corrected chi connectivity index (χ2v) is 21.9. The number of hydrogen-bond acceptors (Lipinski definition) is 14. The molecule has 4 saturated heterocycles. The summed E-state index contributed by atoms with van der Waals surface area (Å²) < 4.78 is 25.7. The zero-order chi connectivity index (χ0) is 54.2. The van der Waals surface area contributed by atoms with Gasteiger partial charge in [0, 0.05) is 94.1 Å². The molecule has 7 heterocycles. The Balaban J connectivity index is 0.583. The molecule has 408 valence electrons. The van der Waals surface area contributed by atoms with Gasteiger partial charge in [0.2, 0.25) is 17.7 Å². The van der Waals surface area contributed by atoms with E-state index < -0.39 is 29.1 Å². The minimum absolute atomic E-state index is 0.257. The summed E-state index contributed by atoms with van der Waals surface area (Å²) >= 11 is 0. The maximum absolute atomic E-state index is 13.4. The SMILES string of the molecule is COc1cc2c(Oc3ccc(NC(=O)C4(C(=O)Nc5ccc(F)cc5)CC4)cc3)ccnc2cc1N1CCC(Cc2ccc(N3CCC(CN4CCN(c5ccc6c(c5)C(=O)N(C5CCCNC5=O)C6=O)CC4)CC3)nn2)CC1. The van der Waals surface area contributed by atoms with Crippen LogP contribution in [0, 0.1) is 23.1 Å². The molecule has 1 atom stereocenters. The Labute approximate surface area is 457 Å². The molecule has 0 radical (unpaired) electrons. The Hall–Kier alpha value is -8.19. The maximum Gasteiger partial charge on any atom is 0.262 e. The van der Waals surface area contributed by atoms with Crippen LogP contribution in [-0.4, -0.2) is 133 Å². The number of amides is 5. The number of ether oxygens (including phenoxy) is 2.